The van der Waals surface area contributed by atoms with Crippen LogP contribution in [0, 0.1) is 0 Å². The molecule has 3 heterocycles. The number of halogens is 2. The van der Waals surface area contributed by atoms with Gasteiger partial charge in [-0.25, -0.2) is 4.98 Å². The lowest BCUT2D eigenvalue weighted by atomic mass is 10.2. The zero-order valence-electron chi connectivity index (χ0n) is 18.9. The predicted molar refractivity (Wildman–Crippen MR) is 143 cm³/mol. The number of fused-ring (bicyclic) bond motifs is 1. The first-order valence-corrected chi connectivity index (χ1v) is 13.6. The lowest BCUT2D eigenvalue weighted by Crippen LogP contribution is -2.46. The minimum atomic E-state index is -2.43. The van der Waals surface area contributed by atoms with E-state index in [2.05, 4.69) is 20.2 Å². The van der Waals surface area contributed by atoms with E-state index in [1.165, 1.54) is 11.1 Å². The summed E-state index contributed by atoms with van der Waals surface area (Å²) in [4.78, 5) is 27.6. The zero-order valence-corrected chi connectivity index (χ0v) is 21.2. The quantitative estimate of drug-likeness (QED) is 0.421. The molecule has 0 spiro atoms. The molecule has 1 saturated heterocycles. The minimum Gasteiger partial charge on any atom is -0.368 e. The van der Waals surface area contributed by atoms with Crippen LogP contribution >= 0.6 is 33.8 Å². The number of aromatic nitrogens is 2. The molecule has 35 heavy (non-hydrogen) atoms. The van der Waals surface area contributed by atoms with Gasteiger partial charge in [-0.3, -0.25) is 18.8 Å². The lowest BCUT2D eigenvalue weighted by molar-refractivity contribution is 0.0982. The smallest absolute Gasteiger partial charge is 0.265 e. The van der Waals surface area contributed by atoms with Crippen molar-refractivity contribution in [2.75, 3.05) is 58.3 Å². The highest BCUT2D eigenvalue weighted by molar-refractivity contribution is 8.24. The van der Waals surface area contributed by atoms with E-state index in [1.54, 1.807) is 18.2 Å². The number of benzene rings is 2. The minimum absolute atomic E-state index is 0.237. The molecule has 1 aromatic heterocycles. The highest BCUT2D eigenvalue weighted by atomic mass is 35.5. The van der Waals surface area contributed by atoms with Gasteiger partial charge in [-0.1, -0.05) is 29.3 Å². The van der Waals surface area contributed by atoms with Gasteiger partial charge in [-0.15, -0.1) is 0 Å². The number of hydrogen-bond acceptors (Lipinski definition) is 8. The number of rotatable bonds is 4. The standard InChI is InChI=1S/C23H24Cl2N6O3S/c1-29-14-31(20-18(24)3-2-4-19(20)25)22(32)17-13-26-23(28-21(17)29)27-15-5-7-16(8-6-15)30-9-11-35(33,34)12-10-30/h2-8,13,33-34H,9-12,14H2,1H3,(H,26,27,28). The number of nitrogens with one attached hydrogen (secondary N) is 1. The van der Waals surface area contributed by atoms with Crippen LogP contribution in [-0.4, -0.2) is 63.3 Å². The SMILES string of the molecule is CN1CN(c2c(Cl)cccc2Cl)C(=O)c2cnc(Nc3ccc(N4CCS(O)(O)CC4)cc3)nc21. The van der Waals surface area contributed by atoms with Crippen molar-refractivity contribution in [1.29, 1.82) is 0 Å². The van der Waals surface area contributed by atoms with E-state index in [0.29, 0.717) is 57.7 Å². The first-order chi connectivity index (χ1) is 16.7. The molecular formula is C23H24Cl2N6O3S. The number of nitrogens with zero attached hydrogens (tertiary/aromatic N) is 5. The molecule has 1 fully saturated rings. The van der Waals surface area contributed by atoms with Crippen molar-refractivity contribution in [3.8, 4) is 0 Å². The third kappa shape index (κ3) is 4.85. The Morgan fingerprint density at radius 2 is 1.69 bits per heavy atom. The Labute approximate surface area is 214 Å². The Balaban J connectivity index is 1.32. The normalized spacial score (nSPS) is 18.3. The van der Waals surface area contributed by atoms with Gasteiger partial charge in [0.2, 0.25) is 5.95 Å². The summed E-state index contributed by atoms with van der Waals surface area (Å²) in [5, 5.41) is 3.97. The predicted octanol–water partition coefficient (Wildman–Crippen LogP) is 5.15. The molecule has 0 unspecified atom stereocenters. The number of para-hydroxylation sites is 1. The van der Waals surface area contributed by atoms with Gasteiger partial charge in [0.25, 0.3) is 5.91 Å². The maximum absolute atomic E-state index is 13.2. The van der Waals surface area contributed by atoms with Crippen molar-refractivity contribution in [2.45, 2.75) is 0 Å². The second-order valence-electron chi connectivity index (χ2n) is 8.44. The number of hydrogen-bond donors (Lipinski definition) is 3. The van der Waals surface area contributed by atoms with Gasteiger partial charge in [-0.2, -0.15) is 15.6 Å². The first-order valence-electron chi connectivity index (χ1n) is 10.9. The summed E-state index contributed by atoms with van der Waals surface area (Å²) >= 11 is 12.7. The van der Waals surface area contributed by atoms with E-state index in [9.17, 15) is 13.9 Å². The van der Waals surface area contributed by atoms with Crippen molar-refractivity contribution >= 4 is 68.5 Å². The Hall–Kier alpha value is -2.76. The Morgan fingerprint density at radius 1 is 1.03 bits per heavy atom. The number of carbonyl (C=O) groups is 1. The van der Waals surface area contributed by atoms with Gasteiger partial charge in [0.05, 0.1) is 33.9 Å². The van der Waals surface area contributed by atoms with Gasteiger partial charge in [0, 0.05) is 37.7 Å². The summed E-state index contributed by atoms with van der Waals surface area (Å²) in [6.07, 6.45) is 1.50. The van der Waals surface area contributed by atoms with Crippen molar-refractivity contribution in [3.63, 3.8) is 0 Å². The monoisotopic (exact) mass is 534 g/mol. The molecule has 9 nitrogen and oxygen atoms in total. The largest absolute Gasteiger partial charge is 0.368 e. The molecule has 2 aliphatic heterocycles. The second-order valence-corrected chi connectivity index (χ2v) is 11.7. The summed E-state index contributed by atoms with van der Waals surface area (Å²) in [7, 11) is -0.591. The Kier molecular flexibility index (Phi) is 6.41. The van der Waals surface area contributed by atoms with E-state index in [0.717, 1.165) is 11.4 Å². The van der Waals surface area contributed by atoms with Crippen LogP contribution in [0.25, 0.3) is 0 Å². The van der Waals surface area contributed by atoms with Crippen LogP contribution in [0.4, 0.5) is 28.8 Å². The molecule has 12 heteroatoms. The molecule has 3 N–H and O–H groups in total. The van der Waals surface area contributed by atoms with Crippen LogP contribution in [0.2, 0.25) is 10.0 Å². The fourth-order valence-corrected chi connectivity index (χ4v) is 5.98. The van der Waals surface area contributed by atoms with Crippen LogP contribution in [0.3, 0.4) is 0 Å². The molecule has 1 amide bonds. The first kappa shape index (κ1) is 24.0. The molecule has 0 aliphatic carbocycles. The van der Waals surface area contributed by atoms with E-state index >= 15 is 0 Å². The van der Waals surface area contributed by atoms with Crippen LogP contribution in [0.5, 0.6) is 0 Å². The van der Waals surface area contributed by atoms with Gasteiger partial charge >= 0.3 is 0 Å². The average molecular weight is 535 g/mol. The highest BCUT2D eigenvalue weighted by Crippen LogP contribution is 2.41. The van der Waals surface area contributed by atoms with Gasteiger partial charge in [0.15, 0.2) is 0 Å². The molecule has 0 radical (unpaired) electrons. The fourth-order valence-electron chi connectivity index (χ4n) is 4.15. The molecule has 0 atom stereocenters. The summed E-state index contributed by atoms with van der Waals surface area (Å²) < 4.78 is 19.6. The van der Waals surface area contributed by atoms with Gasteiger partial charge in [0.1, 0.15) is 11.4 Å². The van der Waals surface area contributed by atoms with Crippen LogP contribution in [0.1, 0.15) is 10.4 Å². The second kappa shape index (κ2) is 9.36. The lowest BCUT2D eigenvalue weighted by Gasteiger charge is -2.41. The summed E-state index contributed by atoms with van der Waals surface area (Å²) in [6.45, 7) is 1.46. The topological polar surface area (TPSA) is 105 Å². The average Bonchev–Trinajstić information content (AvgIpc) is 2.83. The maximum atomic E-state index is 13.2. The molecule has 0 bridgehead atoms. The van der Waals surface area contributed by atoms with Crippen molar-refractivity contribution in [2.24, 2.45) is 0 Å². The van der Waals surface area contributed by atoms with Crippen LogP contribution in [-0.2, 0) is 0 Å². The van der Waals surface area contributed by atoms with Crippen LogP contribution in [0.15, 0.2) is 48.7 Å². The summed E-state index contributed by atoms with van der Waals surface area (Å²) in [5.74, 6) is 1.38. The fraction of sp³-hybridized carbons (Fsp3) is 0.261. The molecule has 5 rings (SSSR count). The van der Waals surface area contributed by atoms with E-state index in [-0.39, 0.29) is 12.6 Å². The molecule has 184 valence electrons. The van der Waals surface area contributed by atoms with Crippen molar-refractivity contribution in [1.82, 2.24) is 9.97 Å². The maximum Gasteiger partial charge on any atom is 0.265 e. The van der Waals surface area contributed by atoms with Gasteiger partial charge < -0.3 is 15.1 Å². The van der Waals surface area contributed by atoms with Crippen molar-refractivity contribution in [3.05, 3.63) is 64.3 Å². The number of amides is 1. The van der Waals surface area contributed by atoms with Crippen molar-refractivity contribution < 1.29 is 13.9 Å². The third-order valence-electron chi connectivity index (χ3n) is 6.03. The van der Waals surface area contributed by atoms with E-state index < -0.39 is 10.6 Å². The Bertz CT molecular complexity index is 1250. The number of carbonyl (C=O) groups excluding carboxylic acids is 1. The molecule has 3 aromatic rings. The number of anilines is 5. The molecule has 0 saturated carbocycles. The van der Waals surface area contributed by atoms with E-state index in [4.69, 9.17) is 23.2 Å². The van der Waals surface area contributed by atoms with E-state index in [1.807, 2.05) is 36.2 Å². The molecule has 2 aliphatic rings. The Morgan fingerprint density at radius 3 is 2.34 bits per heavy atom. The molecular weight excluding hydrogens is 511 g/mol. The van der Waals surface area contributed by atoms with Gasteiger partial charge in [-0.05, 0) is 36.4 Å². The molecule has 2 aromatic carbocycles. The third-order valence-corrected chi connectivity index (χ3v) is 8.31. The highest BCUT2D eigenvalue weighted by Gasteiger charge is 2.32. The zero-order chi connectivity index (χ0) is 24.7. The van der Waals surface area contributed by atoms with Crippen LogP contribution < -0.4 is 20.0 Å². The summed E-state index contributed by atoms with van der Waals surface area (Å²) in [6, 6.07) is 12.9. The summed E-state index contributed by atoms with van der Waals surface area (Å²) in [5.41, 5.74) is 2.62.